The van der Waals surface area contributed by atoms with Crippen molar-refractivity contribution in [1.82, 2.24) is 25.5 Å². The molecule has 15 nitrogen and oxygen atoms in total. The number of aromatic nitrogens is 4. The average Bonchev–Trinajstić information content (AvgIpc) is 3.50. The third kappa shape index (κ3) is 18.9. The highest BCUT2D eigenvalue weighted by Gasteiger charge is 2.39. The monoisotopic (exact) mass is 733 g/mol. The van der Waals surface area contributed by atoms with E-state index in [2.05, 4.69) is 25.5 Å². The number of carboxylic acids is 3. The fraction of sp³-hybridized carbons (Fsp3) is 0.560. The number of hydrogen-bond donors (Lipinski definition) is 6. The molecular formula is C25H32F9N5O10. The summed E-state index contributed by atoms with van der Waals surface area (Å²) >= 11 is 0. The smallest absolute Gasteiger partial charge is 0.475 e. The van der Waals surface area contributed by atoms with Gasteiger partial charge < -0.3 is 35.1 Å². The Kier molecular flexibility index (Phi) is 18.1. The average molecular weight is 734 g/mol. The summed E-state index contributed by atoms with van der Waals surface area (Å²) in [5.41, 5.74) is 1.19. The lowest BCUT2D eigenvalue weighted by molar-refractivity contribution is -0.193. The van der Waals surface area contributed by atoms with Crippen LogP contribution in [0.15, 0.2) is 0 Å². The number of rotatable bonds is 8. The molecule has 0 aromatic carbocycles. The third-order valence-electron chi connectivity index (χ3n) is 4.57. The zero-order valence-corrected chi connectivity index (χ0v) is 26.3. The van der Waals surface area contributed by atoms with Crippen LogP contribution in [-0.2, 0) is 43.4 Å². The fourth-order valence-corrected chi connectivity index (χ4v) is 2.80. The maximum absolute atomic E-state index is 12.6. The number of hydrogen-bond acceptors (Lipinski definition) is 10. The molecule has 0 bridgehead atoms. The summed E-state index contributed by atoms with van der Waals surface area (Å²) in [6.45, 7) is 11.8. The second-order valence-electron chi connectivity index (χ2n) is 9.76. The molecule has 2 aromatic rings. The van der Waals surface area contributed by atoms with E-state index < -0.39 is 54.0 Å². The van der Waals surface area contributed by atoms with Crippen molar-refractivity contribution < 1.29 is 88.3 Å². The second kappa shape index (κ2) is 19.2. The van der Waals surface area contributed by atoms with Gasteiger partial charge >= 0.3 is 48.4 Å². The Morgan fingerprint density at radius 3 is 1.51 bits per heavy atom. The van der Waals surface area contributed by atoms with Crippen molar-refractivity contribution >= 4 is 29.8 Å². The standard InChI is InChI=1S/C19H29N5O4.3C2HF3O2/c1-7-12-15(17(25)27-8-2)13(9-20-10-14-21-11(3)23-24-14)22-16(12)18(26)28-19(4,5)6;3*3-2(4,5)1(6)7/h20,22H,7-10H2,1-6H3,(H,21,23,24);3*(H,6,7). The molecule has 0 unspecified atom stereocenters. The van der Waals surface area contributed by atoms with Crippen molar-refractivity contribution in [1.29, 1.82) is 0 Å². The molecule has 24 heteroatoms. The predicted molar refractivity (Wildman–Crippen MR) is 144 cm³/mol. The largest absolute Gasteiger partial charge is 0.490 e. The van der Waals surface area contributed by atoms with Crippen LogP contribution in [0.25, 0.3) is 0 Å². The third-order valence-corrected chi connectivity index (χ3v) is 4.57. The summed E-state index contributed by atoms with van der Waals surface area (Å²) in [6.07, 6.45) is -14.8. The first-order chi connectivity index (χ1) is 22.0. The van der Waals surface area contributed by atoms with Crippen LogP contribution in [0.4, 0.5) is 39.5 Å². The molecule has 0 aliphatic carbocycles. The number of nitrogens with zero attached hydrogens (tertiary/aromatic N) is 2. The van der Waals surface area contributed by atoms with Gasteiger partial charge in [-0.3, -0.25) is 5.10 Å². The Balaban J connectivity index is 0. The summed E-state index contributed by atoms with van der Waals surface area (Å²) in [4.78, 5) is 59.2. The van der Waals surface area contributed by atoms with E-state index in [-0.39, 0.29) is 12.3 Å². The van der Waals surface area contributed by atoms with Gasteiger partial charge in [-0.15, -0.1) is 0 Å². The minimum atomic E-state index is -5.08. The van der Waals surface area contributed by atoms with E-state index in [4.69, 9.17) is 39.2 Å². The van der Waals surface area contributed by atoms with Gasteiger partial charge in [-0.2, -0.15) is 44.6 Å². The van der Waals surface area contributed by atoms with Crippen LogP contribution in [0.2, 0.25) is 0 Å². The molecule has 0 radical (unpaired) electrons. The summed E-state index contributed by atoms with van der Waals surface area (Å²) in [7, 11) is 0. The molecule has 49 heavy (non-hydrogen) atoms. The van der Waals surface area contributed by atoms with E-state index in [1.165, 1.54) is 0 Å². The van der Waals surface area contributed by atoms with Gasteiger partial charge in [-0.1, -0.05) is 6.92 Å². The lowest BCUT2D eigenvalue weighted by Crippen LogP contribution is -2.24. The molecule has 0 saturated heterocycles. The van der Waals surface area contributed by atoms with Crippen molar-refractivity contribution in [2.45, 2.75) is 85.2 Å². The number of aromatic amines is 2. The number of aliphatic carboxylic acids is 3. The van der Waals surface area contributed by atoms with E-state index >= 15 is 0 Å². The van der Waals surface area contributed by atoms with Crippen LogP contribution in [0, 0.1) is 6.92 Å². The Hall–Kier alpha value is -4.90. The van der Waals surface area contributed by atoms with Crippen molar-refractivity contribution in [2.24, 2.45) is 0 Å². The van der Waals surface area contributed by atoms with Crippen LogP contribution in [0.1, 0.15) is 78.4 Å². The van der Waals surface area contributed by atoms with E-state index in [9.17, 15) is 49.1 Å². The van der Waals surface area contributed by atoms with Crippen LogP contribution in [0.5, 0.6) is 0 Å². The molecule has 0 spiro atoms. The molecule has 0 atom stereocenters. The summed E-state index contributed by atoms with van der Waals surface area (Å²) in [5, 5.41) is 31.4. The molecule has 2 rings (SSSR count). The van der Waals surface area contributed by atoms with Crippen LogP contribution in [-0.4, -0.2) is 96.1 Å². The molecule has 0 aliphatic rings. The van der Waals surface area contributed by atoms with Gasteiger partial charge in [0.15, 0.2) is 5.82 Å². The quantitative estimate of drug-likeness (QED) is 0.164. The molecule has 6 N–H and O–H groups in total. The van der Waals surface area contributed by atoms with E-state index in [1.54, 1.807) is 27.7 Å². The fourth-order valence-electron chi connectivity index (χ4n) is 2.80. The van der Waals surface area contributed by atoms with Crippen molar-refractivity contribution in [3.05, 3.63) is 34.2 Å². The van der Waals surface area contributed by atoms with Crippen molar-refractivity contribution in [3.8, 4) is 0 Å². The molecule has 280 valence electrons. The lowest BCUT2D eigenvalue weighted by Gasteiger charge is -2.19. The predicted octanol–water partition coefficient (Wildman–Crippen LogP) is 4.33. The summed E-state index contributed by atoms with van der Waals surface area (Å²) < 4.78 is 106. The van der Waals surface area contributed by atoms with Crippen LogP contribution in [0.3, 0.4) is 0 Å². The minimum absolute atomic E-state index is 0.248. The molecule has 0 saturated carbocycles. The van der Waals surface area contributed by atoms with E-state index in [0.29, 0.717) is 42.2 Å². The number of halogens is 9. The van der Waals surface area contributed by atoms with Gasteiger partial charge in [0.25, 0.3) is 0 Å². The second-order valence-corrected chi connectivity index (χ2v) is 9.76. The highest BCUT2D eigenvalue weighted by Crippen LogP contribution is 2.24. The van der Waals surface area contributed by atoms with Gasteiger partial charge in [0.1, 0.15) is 17.1 Å². The number of alkyl halides is 9. The number of H-pyrrole nitrogens is 2. The molecule has 0 fully saturated rings. The topological polar surface area (TPSA) is 234 Å². The number of carboxylic acid groups (broad SMARTS) is 3. The van der Waals surface area contributed by atoms with Gasteiger partial charge in [0.05, 0.1) is 18.7 Å². The Morgan fingerprint density at radius 1 is 0.776 bits per heavy atom. The number of carbonyl (C=O) groups is 5. The number of esters is 2. The molecule has 2 aromatic heterocycles. The minimum Gasteiger partial charge on any atom is -0.475 e. The molecule has 0 amide bonds. The van der Waals surface area contributed by atoms with Gasteiger partial charge in [-0.05, 0) is 46.6 Å². The van der Waals surface area contributed by atoms with E-state index in [0.717, 1.165) is 5.82 Å². The first-order valence-corrected chi connectivity index (χ1v) is 13.1. The number of ether oxygens (including phenoxy) is 2. The lowest BCUT2D eigenvalue weighted by atomic mass is 10.1. The van der Waals surface area contributed by atoms with Gasteiger partial charge in [0, 0.05) is 12.2 Å². The molecule has 2 heterocycles. The normalized spacial score (nSPS) is 11.4. The zero-order chi connectivity index (χ0) is 39.1. The van der Waals surface area contributed by atoms with Crippen molar-refractivity contribution in [2.75, 3.05) is 6.61 Å². The zero-order valence-electron chi connectivity index (χ0n) is 26.3. The maximum atomic E-state index is 12.6. The van der Waals surface area contributed by atoms with E-state index in [1.807, 2.05) is 13.8 Å². The van der Waals surface area contributed by atoms with Gasteiger partial charge in [-0.25, -0.2) is 29.0 Å². The van der Waals surface area contributed by atoms with Gasteiger partial charge in [0.2, 0.25) is 0 Å². The van der Waals surface area contributed by atoms with Crippen LogP contribution < -0.4 is 5.32 Å². The number of carbonyl (C=O) groups excluding carboxylic acids is 2. The first-order valence-electron chi connectivity index (χ1n) is 13.1. The SMILES string of the molecule is CCOC(=O)c1c(CNCc2n[nH]c(C)n2)[nH]c(C(=O)OC(C)(C)C)c1CC.O=C(O)C(F)(F)F.O=C(O)C(F)(F)F.O=C(O)C(F)(F)F. The summed E-state index contributed by atoms with van der Waals surface area (Å²) in [6, 6.07) is 0. The maximum Gasteiger partial charge on any atom is 0.490 e. The summed E-state index contributed by atoms with van der Waals surface area (Å²) in [5.74, 6) is -7.89. The Morgan fingerprint density at radius 2 is 1.20 bits per heavy atom. The highest BCUT2D eigenvalue weighted by atomic mass is 19.4. The molecular weight excluding hydrogens is 701 g/mol. The number of aryl methyl sites for hydroxylation is 1. The highest BCUT2D eigenvalue weighted by molar-refractivity contribution is 5.99. The first kappa shape index (κ1) is 46.2. The Labute approximate surface area is 270 Å². The number of nitrogens with one attached hydrogen (secondary N) is 3. The Bertz CT molecular complexity index is 1350. The van der Waals surface area contributed by atoms with Crippen LogP contribution >= 0.6 is 0 Å². The molecule has 0 aliphatic heterocycles. The van der Waals surface area contributed by atoms with Crippen molar-refractivity contribution in [3.63, 3.8) is 0 Å².